The zero-order chi connectivity index (χ0) is 13.5. The standard InChI is InChI=1S/C17H23N3/c18-17(20-9-5-1-2-6-10-20)19-16-14-11-12-7-3-4-8-13(12)15(14)16/h3-4,7-8,14-16H,1-2,5-6,9-11H2,(H2,18,19). The first kappa shape index (κ1) is 12.2. The Morgan fingerprint density at radius 2 is 1.85 bits per heavy atom. The van der Waals surface area contributed by atoms with Crippen LogP contribution in [-0.4, -0.2) is 30.0 Å². The first-order chi connectivity index (χ1) is 9.84. The van der Waals surface area contributed by atoms with Gasteiger partial charge in [-0.3, -0.25) is 0 Å². The Morgan fingerprint density at radius 1 is 1.10 bits per heavy atom. The van der Waals surface area contributed by atoms with Gasteiger partial charge in [-0.05, 0) is 36.3 Å². The first-order valence-corrected chi connectivity index (χ1v) is 8.00. The summed E-state index contributed by atoms with van der Waals surface area (Å²) in [5, 5.41) is 0. The van der Waals surface area contributed by atoms with E-state index < -0.39 is 0 Å². The van der Waals surface area contributed by atoms with Crippen molar-refractivity contribution in [2.24, 2.45) is 16.6 Å². The molecule has 0 bridgehead atoms. The largest absolute Gasteiger partial charge is 0.370 e. The van der Waals surface area contributed by atoms with Crippen molar-refractivity contribution in [2.45, 2.75) is 44.1 Å². The topological polar surface area (TPSA) is 41.6 Å². The Kier molecular flexibility index (Phi) is 2.94. The minimum absolute atomic E-state index is 0.452. The zero-order valence-corrected chi connectivity index (χ0v) is 12.0. The molecule has 3 nitrogen and oxygen atoms in total. The van der Waals surface area contributed by atoms with Crippen molar-refractivity contribution in [3.63, 3.8) is 0 Å². The van der Waals surface area contributed by atoms with Crippen LogP contribution in [-0.2, 0) is 6.42 Å². The van der Waals surface area contributed by atoms with Gasteiger partial charge in [-0.1, -0.05) is 37.1 Å². The number of hydrogen-bond acceptors (Lipinski definition) is 1. The summed E-state index contributed by atoms with van der Waals surface area (Å²) >= 11 is 0. The molecule has 0 radical (unpaired) electrons. The summed E-state index contributed by atoms with van der Waals surface area (Å²) in [5.74, 6) is 2.17. The highest BCUT2D eigenvalue weighted by Gasteiger charge is 2.56. The van der Waals surface area contributed by atoms with Crippen LogP contribution in [0.3, 0.4) is 0 Å². The fourth-order valence-electron chi connectivity index (χ4n) is 4.03. The number of likely N-dealkylation sites (tertiary alicyclic amines) is 1. The minimum atomic E-state index is 0.452. The van der Waals surface area contributed by atoms with Crippen molar-refractivity contribution in [1.29, 1.82) is 0 Å². The van der Waals surface area contributed by atoms with Gasteiger partial charge >= 0.3 is 0 Å². The van der Waals surface area contributed by atoms with Gasteiger partial charge < -0.3 is 10.6 Å². The zero-order valence-electron chi connectivity index (χ0n) is 12.0. The predicted octanol–water partition coefficient (Wildman–Crippen LogP) is 2.52. The third-order valence-corrected chi connectivity index (χ3v) is 5.21. The van der Waals surface area contributed by atoms with Crippen molar-refractivity contribution < 1.29 is 0 Å². The smallest absolute Gasteiger partial charge is 0.191 e. The lowest BCUT2D eigenvalue weighted by atomic mass is 10.1. The summed E-state index contributed by atoms with van der Waals surface area (Å²) in [6.07, 6.45) is 6.40. The molecule has 1 saturated heterocycles. The molecule has 1 saturated carbocycles. The number of guanidine groups is 1. The third kappa shape index (κ3) is 2.00. The van der Waals surface area contributed by atoms with Gasteiger partial charge in [-0.2, -0.15) is 0 Å². The summed E-state index contributed by atoms with van der Waals surface area (Å²) in [4.78, 5) is 7.16. The number of nitrogens with two attached hydrogens (primary N) is 1. The molecule has 3 aliphatic rings. The highest BCUT2D eigenvalue weighted by Crippen LogP contribution is 2.58. The first-order valence-electron chi connectivity index (χ1n) is 8.00. The third-order valence-electron chi connectivity index (χ3n) is 5.21. The summed E-state index contributed by atoms with van der Waals surface area (Å²) in [7, 11) is 0. The van der Waals surface area contributed by atoms with Crippen LogP contribution < -0.4 is 5.73 Å². The van der Waals surface area contributed by atoms with E-state index in [1.807, 2.05) is 0 Å². The summed E-state index contributed by atoms with van der Waals surface area (Å²) in [6.45, 7) is 2.18. The van der Waals surface area contributed by atoms with Gasteiger partial charge in [0.05, 0.1) is 6.04 Å². The molecule has 106 valence electrons. The van der Waals surface area contributed by atoms with Crippen molar-refractivity contribution in [3.05, 3.63) is 35.4 Å². The van der Waals surface area contributed by atoms with Crippen LogP contribution in [0.1, 0.15) is 42.7 Å². The minimum Gasteiger partial charge on any atom is -0.370 e. The summed E-state index contributed by atoms with van der Waals surface area (Å²) < 4.78 is 0. The molecule has 4 rings (SSSR count). The molecule has 1 aromatic carbocycles. The lowest BCUT2D eigenvalue weighted by Gasteiger charge is -2.21. The van der Waals surface area contributed by atoms with Crippen LogP contribution >= 0.6 is 0 Å². The average molecular weight is 269 g/mol. The summed E-state index contributed by atoms with van der Waals surface area (Å²) in [5.41, 5.74) is 9.31. The molecule has 0 amide bonds. The maximum Gasteiger partial charge on any atom is 0.191 e. The monoisotopic (exact) mass is 269 g/mol. The maximum atomic E-state index is 6.26. The average Bonchev–Trinajstić information content (AvgIpc) is 3.09. The van der Waals surface area contributed by atoms with E-state index in [-0.39, 0.29) is 0 Å². The van der Waals surface area contributed by atoms with Crippen molar-refractivity contribution >= 4 is 5.96 Å². The van der Waals surface area contributed by atoms with Crippen molar-refractivity contribution in [1.82, 2.24) is 4.90 Å². The van der Waals surface area contributed by atoms with E-state index in [0.29, 0.717) is 12.0 Å². The lowest BCUT2D eigenvalue weighted by Crippen LogP contribution is -2.38. The van der Waals surface area contributed by atoms with Gasteiger partial charge in [0.25, 0.3) is 0 Å². The molecular formula is C17H23N3. The lowest BCUT2D eigenvalue weighted by molar-refractivity contribution is 0.427. The predicted molar refractivity (Wildman–Crippen MR) is 81.8 cm³/mol. The fraction of sp³-hybridized carbons (Fsp3) is 0.588. The van der Waals surface area contributed by atoms with Crippen LogP contribution in [0.25, 0.3) is 0 Å². The molecular weight excluding hydrogens is 246 g/mol. The second kappa shape index (κ2) is 4.80. The van der Waals surface area contributed by atoms with Crippen LogP contribution in [0.15, 0.2) is 29.3 Å². The molecule has 3 atom stereocenters. The number of aliphatic imine (C=N–C) groups is 1. The van der Waals surface area contributed by atoms with E-state index >= 15 is 0 Å². The second-order valence-electron chi connectivity index (χ2n) is 6.47. The molecule has 1 aliphatic heterocycles. The van der Waals surface area contributed by atoms with E-state index in [0.717, 1.165) is 25.0 Å². The quantitative estimate of drug-likeness (QED) is 0.629. The highest BCUT2D eigenvalue weighted by atomic mass is 15.3. The molecule has 0 aromatic heterocycles. The molecule has 2 N–H and O–H groups in total. The SMILES string of the molecule is NC(=NC1C2Cc3ccccc3C21)N1CCCCCC1. The molecule has 0 spiro atoms. The summed E-state index contributed by atoms with van der Waals surface area (Å²) in [6, 6.07) is 9.29. The van der Waals surface area contributed by atoms with Crippen LogP contribution in [0, 0.1) is 5.92 Å². The van der Waals surface area contributed by atoms with E-state index in [1.165, 1.54) is 43.2 Å². The Labute approximate surface area is 120 Å². The van der Waals surface area contributed by atoms with Crippen LogP contribution in [0.5, 0.6) is 0 Å². The maximum absolute atomic E-state index is 6.26. The van der Waals surface area contributed by atoms with Crippen molar-refractivity contribution in [2.75, 3.05) is 13.1 Å². The molecule has 20 heavy (non-hydrogen) atoms. The van der Waals surface area contributed by atoms with E-state index in [4.69, 9.17) is 10.7 Å². The van der Waals surface area contributed by atoms with Gasteiger partial charge in [-0.25, -0.2) is 4.99 Å². The Balaban J connectivity index is 1.47. The molecule has 2 aliphatic carbocycles. The Morgan fingerprint density at radius 3 is 2.65 bits per heavy atom. The number of benzene rings is 1. The number of nitrogens with zero attached hydrogens (tertiary/aromatic N) is 2. The fourth-order valence-corrected chi connectivity index (χ4v) is 4.03. The number of rotatable bonds is 1. The highest BCUT2D eigenvalue weighted by molar-refractivity contribution is 5.79. The molecule has 1 heterocycles. The number of hydrogen-bond donors (Lipinski definition) is 1. The van der Waals surface area contributed by atoms with Gasteiger partial charge in [0.1, 0.15) is 0 Å². The Bertz CT molecular complexity index is 529. The van der Waals surface area contributed by atoms with Crippen LogP contribution in [0.2, 0.25) is 0 Å². The Hall–Kier alpha value is -1.51. The molecule has 2 fully saturated rings. The van der Waals surface area contributed by atoms with E-state index in [2.05, 4.69) is 29.2 Å². The van der Waals surface area contributed by atoms with Crippen molar-refractivity contribution in [3.8, 4) is 0 Å². The van der Waals surface area contributed by atoms with Gasteiger partial charge in [0, 0.05) is 19.0 Å². The van der Waals surface area contributed by atoms with E-state index in [1.54, 1.807) is 0 Å². The molecule has 3 heteroatoms. The number of fused-ring (bicyclic) bond motifs is 3. The second-order valence-corrected chi connectivity index (χ2v) is 6.47. The van der Waals surface area contributed by atoms with Gasteiger partial charge in [0.15, 0.2) is 5.96 Å². The van der Waals surface area contributed by atoms with Crippen LogP contribution in [0.4, 0.5) is 0 Å². The van der Waals surface area contributed by atoms with Gasteiger partial charge in [-0.15, -0.1) is 0 Å². The normalized spacial score (nSPS) is 32.5. The molecule has 1 aromatic rings. The van der Waals surface area contributed by atoms with Gasteiger partial charge in [0.2, 0.25) is 0 Å². The molecule has 3 unspecified atom stereocenters. The van der Waals surface area contributed by atoms with E-state index in [9.17, 15) is 0 Å².